The molecule has 0 fully saturated rings. The summed E-state index contributed by atoms with van der Waals surface area (Å²) in [5.41, 5.74) is 7.23. The van der Waals surface area contributed by atoms with Crippen LogP contribution in [0.25, 0.3) is 0 Å². The van der Waals surface area contributed by atoms with Crippen LogP contribution in [-0.4, -0.2) is 26.9 Å². The summed E-state index contributed by atoms with van der Waals surface area (Å²) in [5, 5.41) is 12.6. The zero-order chi connectivity index (χ0) is 10.0. The van der Waals surface area contributed by atoms with Gasteiger partial charge in [0.2, 0.25) is 0 Å². The Morgan fingerprint density at radius 3 is 2.85 bits per heavy atom. The summed E-state index contributed by atoms with van der Waals surface area (Å²) in [6.45, 7) is 1.89. The van der Waals surface area contributed by atoms with Gasteiger partial charge in [-0.05, 0) is 12.5 Å². The molecule has 0 bridgehead atoms. The van der Waals surface area contributed by atoms with Crippen molar-refractivity contribution in [2.24, 2.45) is 12.8 Å². The minimum atomic E-state index is -0.983. The zero-order valence-electron chi connectivity index (χ0n) is 7.69. The molecular weight excluding hydrogens is 170 g/mol. The second-order valence-electron chi connectivity index (χ2n) is 3.03. The van der Waals surface area contributed by atoms with Gasteiger partial charge in [0.25, 0.3) is 0 Å². The van der Waals surface area contributed by atoms with E-state index in [9.17, 15) is 4.79 Å². The normalized spacial score (nSPS) is 12.8. The number of carboxylic acid groups (broad SMARTS) is 1. The van der Waals surface area contributed by atoms with Crippen LogP contribution in [0, 0.1) is 6.92 Å². The molecule has 1 heterocycles. The maximum Gasteiger partial charge on any atom is 0.320 e. The minimum Gasteiger partial charge on any atom is -0.480 e. The fourth-order valence-electron chi connectivity index (χ4n) is 1.07. The maximum atomic E-state index is 10.5. The Morgan fingerprint density at radius 1 is 1.85 bits per heavy atom. The van der Waals surface area contributed by atoms with Crippen molar-refractivity contribution in [2.45, 2.75) is 19.4 Å². The lowest BCUT2D eigenvalue weighted by atomic mass is 10.1. The number of aliphatic carboxylic acids is 1. The predicted octanol–water partition coefficient (Wildman–Crippen LogP) is -0.317. The number of aryl methyl sites for hydroxylation is 1. The van der Waals surface area contributed by atoms with Crippen LogP contribution in [0.3, 0.4) is 0 Å². The topological polar surface area (TPSA) is 81.1 Å². The summed E-state index contributed by atoms with van der Waals surface area (Å²) >= 11 is 0. The SMILES string of the molecule is Cc1c(C[C@@H](N)C(=O)O)cnn1C. The number of carbonyl (C=O) groups is 1. The molecule has 0 spiro atoms. The average molecular weight is 183 g/mol. The first-order valence-corrected chi connectivity index (χ1v) is 3.98. The van der Waals surface area contributed by atoms with Crippen molar-refractivity contribution in [2.75, 3.05) is 0 Å². The number of rotatable bonds is 3. The quantitative estimate of drug-likeness (QED) is 0.673. The Labute approximate surface area is 76.2 Å². The molecule has 0 amide bonds. The molecule has 1 rings (SSSR count). The first kappa shape index (κ1) is 9.73. The summed E-state index contributed by atoms with van der Waals surface area (Å²) in [6.07, 6.45) is 1.98. The molecule has 0 unspecified atom stereocenters. The van der Waals surface area contributed by atoms with Gasteiger partial charge in [-0.15, -0.1) is 0 Å². The minimum absolute atomic E-state index is 0.328. The summed E-state index contributed by atoms with van der Waals surface area (Å²) in [6, 6.07) is -0.845. The van der Waals surface area contributed by atoms with E-state index in [1.165, 1.54) is 0 Å². The lowest BCUT2D eigenvalue weighted by Crippen LogP contribution is -2.32. The Balaban J connectivity index is 2.74. The fourth-order valence-corrected chi connectivity index (χ4v) is 1.07. The van der Waals surface area contributed by atoms with Crippen LogP contribution in [-0.2, 0) is 18.3 Å². The third-order valence-corrected chi connectivity index (χ3v) is 2.09. The molecule has 0 saturated heterocycles. The Bertz CT molecular complexity index is 319. The molecule has 0 aliphatic rings. The van der Waals surface area contributed by atoms with E-state index in [1.54, 1.807) is 10.9 Å². The van der Waals surface area contributed by atoms with Crippen LogP contribution in [0.5, 0.6) is 0 Å². The van der Waals surface area contributed by atoms with Gasteiger partial charge in [-0.3, -0.25) is 9.48 Å². The van der Waals surface area contributed by atoms with Gasteiger partial charge in [-0.25, -0.2) is 0 Å². The summed E-state index contributed by atoms with van der Waals surface area (Å²) in [4.78, 5) is 10.5. The highest BCUT2D eigenvalue weighted by molar-refractivity contribution is 5.73. The van der Waals surface area contributed by atoms with Gasteiger partial charge >= 0.3 is 5.97 Å². The van der Waals surface area contributed by atoms with Crippen molar-refractivity contribution in [3.63, 3.8) is 0 Å². The maximum absolute atomic E-state index is 10.5. The monoisotopic (exact) mass is 183 g/mol. The highest BCUT2D eigenvalue weighted by Crippen LogP contribution is 2.07. The molecule has 0 aliphatic heterocycles. The average Bonchev–Trinajstić information content (AvgIpc) is 2.36. The van der Waals surface area contributed by atoms with Crippen LogP contribution in [0.15, 0.2) is 6.20 Å². The van der Waals surface area contributed by atoms with Crippen molar-refractivity contribution in [3.8, 4) is 0 Å². The van der Waals surface area contributed by atoms with E-state index in [0.29, 0.717) is 6.42 Å². The largest absolute Gasteiger partial charge is 0.480 e. The van der Waals surface area contributed by atoms with Gasteiger partial charge in [-0.2, -0.15) is 5.10 Å². The molecule has 5 nitrogen and oxygen atoms in total. The molecule has 5 heteroatoms. The molecule has 0 aromatic carbocycles. The van der Waals surface area contributed by atoms with Gasteiger partial charge in [0.05, 0.1) is 6.20 Å². The Hall–Kier alpha value is -1.36. The molecule has 1 aromatic heterocycles. The number of hydrogen-bond donors (Lipinski definition) is 2. The highest BCUT2D eigenvalue weighted by atomic mass is 16.4. The van der Waals surface area contributed by atoms with E-state index < -0.39 is 12.0 Å². The van der Waals surface area contributed by atoms with E-state index in [4.69, 9.17) is 10.8 Å². The lowest BCUT2D eigenvalue weighted by molar-refractivity contribution is -0.138. The first-order chi connectivity index (χ1) is 6.02. The van der Waals surface area contributed by atoms with E-state index in [2.05, 4.69) is 5.10 Å². The molecular formula is C8H13N3O2. The third-order valence-electron chi connectivity index (χ3n) is 2.09. The van der Waals surface area contributed by atoms with E-state index in [0.717, 1.165) is 11.3 Å². The lowest BCUT2D eigenvalue weighted by Gasteiger charge is -2.04. The van der Waals surface area contributed by atoms with Crippen molar-refractivity contribution >= 4 is 5.97 Å². The molecule has 1 atom stereocenters. The molecule has 13 heavy (non-hydrogen) atoms. The van der Waals surface area contributed by atoms with Crippen LogP contribution in [0.1, 0.15) is 11.3 Å². The van der Waals surface area contributed by atoms with Crippen molar-refractivity contribution < 1.29 is 9.90 Å². The molecule has 0 aliphatic carbocycles. The summed E-state index contributed by atoms with van der Waals surface area (Å²) in [7, 11) is 1.81. The zero-order valence-corrected chi connectivity index (χ0v) is 7.69. The smallest absolute Gasteiger partial charge is 0.320 e. The third kappa shape index (κ3) is 2.06. The van der Waals surface area contributed by atoms with E-state index in [-0.39, 0.29) is 0 Å². The Morgan fingerprint density at radius 2 is 2.46 bits per heavy atom. The molecule has 0 radical (unpaired) electrons. The van der Waals surface area contributed by atoms with Crippen LogP contribution in [0.2, 0.25) is 0 Å². The second kappa shape index (κ2) is 3.57. The first-order valence-electron chi connectivity index (χ1n) is 3.98. The van der Waals surface area contributed by atoms with Gasteiger partial charge in [-0.1, -0.05) is 0 Å². The van der Waals surface area contributed by atoms with E-state index >= 15 is 0 Å². The number of nitrogens with two attached hydrogens (primary N) is 1. The van der Waals surface area contributed by atoms with Crippen LogP contribution in [0.4, 0.5) is 0 Å². The van der Waals surface area contributed by atoms with Crippen molar-refractivity contribution in [3.05, 3.63) is 17.5 Å². The summed E-state index contributed by atoms with van der Waals surface area (Å²) < 4.78 is 1.70. The van der Waals surface area contributed by atoms with Crippen molar-refractivity contribution in [1.82, 2.24) is 9.78 Å². The molecule has 0 saturated carbocycles. The molecule has 1 aromatic rings. The molecule has 3 N–H and O–H groups in total. The highest BCUT2D eigenvalue weighted by Gasteiger charge is 2.14. The fraction of sp³-hybridized carbons (Fsp3) is 0.500. The van der Waals surface area contributed by atoms with E-state index in [1.807, 2.05) is 14.0 Å². The van der Waals surface area contributed by atoms with Gasteiger partial charge < -0.3 is 10.8 Å². The Kier molecular flexibility index (Phi) is 2.67. The number of hydrogen-bond acceptors (Lipinski definition) is 3. The number of aromatic nitrogens is 2. The van der Waals surface area contributed by atoms with Gasteiger partial charge in [0.15, 0.2) is 0 Å². The molecule has 72 valence electrons. The van der Waals surface area contributed by atoms with Crippen LogP contribution >= 0.6 is 0 Å². The second-order valence-corrected chi connectivity index (χ2v) is 3.03. The standard InChI is InChI=1S/C8H13N3O2/c1-5-6(4-10-11(5)2)3-7(9)8(12)13/h4,7H,3,9H2,1-2H3,(H,12,13)/t7-/m1/s1. The van der Waals surface area contributed by atoms with Gasteiger partial charge in [0, 0.05) is 19.2 Å². The number of nitrogens with zero attached hydrogens (tertiary/aromatic N) is 2. The summed E-state index contributed by atoms with van der Waals surface area (Å²) in [5.74, 6) is -0.983. The number of carboxylic acids is 1. The van der Waals surface area contributed by atoms with Crippen molar-refractivity contribution in [1.29, 1.82) is 0 Å². The van der Waals surface area contributed by atoms with Crippen LogP contribution < -0.4 is 5.73 Å². The van der Waals surface area contributed by atoms with Gasteiger partial charge in [0.1, 0.15) is 6.04 Å². The predicted molar refractivity (Wildman–Crippen MR) is 47.3 cm³/mol.